The van der Waals surface area contributed by atoms with Crippen LogP contribution in [-0.4, -0.2) is 22.5 Å². The van der Waals surface area contributed by atoms with Crippen LogP contribution in [0.25, 0.3) is 0 Å². The molecular weight excluding hydrogens is 106 g/mol. The number of aliphatic hydroxyl groups excluding tert-OH is 2. The van der Waals surface area contributed by atoms with Crippen LogP contribution in [0.1, 0.15) is 13.8 Å². The summed E-state index contributed by atoms with van der Waals surface area (Å²) in [7, 11) is 0. The van der Waals surface area contributed by atoms with Crippen LogP contribution in [0.2, 0.25) is 0 Å². The first-order valence-electron chi connectivity index (χ1n) is 2.67. The molecular formula is C5H13NO2. The van der Waals surface area contributed by atoms with Crippen LogP contribution in [0.3, 0.4) is 0 Å². The van der Waals surface area contributed by atoms with Crippen molar-refractivity contribution in [1.82, 2.24) is 0 Å². The van der Waals surface area contributed by atoms with Gasteiger partial charge in [0.15, 0.2) is 0 Å². The zero-order chi connectivity index (χ0) is 6.73. The van der Waals surface area contributed by atoms with E-state index >= 15 is 0 Å². The van der Waals surface area contributed by atoms with E-state index in [9.17, 15) is 0 Å². The Bertz CT molecular complexity index is 55.4. The van der Waals surface area contributed by atoms with Gasteiger partial charge in [-0.05, 0) is 5.92 Å². The summed E-state index contributed by atoms with van der Waals surface area (Å²) in [6, 6.07) is 0. The van der Waals surface area contributed by atoms with Gasteiger partial charge in [0.05, 0.1) is 6.10 Å². The maximum atomic E-state index is 8.83. The first-order chi connectivity index (χ1) is 3.55. The Hall–Kier alpha value is -0.120. The molecule has 0 radical (unpaired) electrons. The fourth-order valence-corrected chi connectivity index (χ4v) is 0.394. The van der Waals surface area contributed by atoms with E-state index < -0.39 is 12.3 Å². The topological polar surface area (TPSA) is 66.5 Å². The lowest BCUT2D eigenvalue weighted by Gasteiger charge is -2.16. The lowest BCUT2D eigenvalue weighted by molar-refractivity contribution is -0.00408. The maximum absolute atomic E-state index is 8.83. The lowest BCUT2D eigenvalue weighted by Crippen LogP contribution is -2.37. The molecule has 3 nitrogen and oxygen atoms in total. The molecule has 0 fully saturated rings. The van der Waals surface area contributed by atoms with Crippen molar-refractivity contribution < 1.29 is 10.2 Å². The predicted molar refractivity (Wildman–Crippen MR) is 31.0 cm³/mol. The highest BCUT2D eigenvalue weighted by atomic mass is 16.3. The SMILES string of the molecule is CC(C)C(O)C(N)O. The predicted octanol–water partition coefficient (Wildman–Crippen LogP) is -0.720. The average molecular weight is 119 g/mol. The second kappa shape index (κ2) is 3.02. The summed E-state index contributed by atoms with van der Waals surface area (Å²) in [5, 5.41) is 17.3. The van der Waals surface area contributed by atoms with Crippen molar-refractivity contribution in [3.8, 4) is 0 Å². The van der Waals surface area contributed by atoms with Gasteiger partial charge >= 0.3 is 0 Å². The summed E-state index contributed by atoms with van der Waals surface area (Å²) in [4.78, 5) is 0. The fraction of sp³-hybridized carbons (Fsp3) is 1.00. The van der Waals surface area contributed by atoms with E-state index in [1.54, 1.807) is 13.8 Å². The normalized spacial score (nSPS) is 18.8. The largest absolute Gasteiger partial charge is 0.389 e. The molecule has 2 atom stereocenters. The fourth-order valence-electron chi connectivity index (χ4n) is 0.394. The molecule has 0 saturated carbocycles. The Balaban J connectivity index is 3.46. The number of nitrogens with two attached hydrogens (primary N) is 1. The average Bonchev–Trinajstić information content (AvgIpc) is 1.64. The van der Waals surface area contributed by atoms with Crippen LogP contribution in [0.4, 0.5) is 0 Å². The van der Waals surface area contributed by atoms with E-state index in [0.717, 1.165) is 0 Å². The summed E-state index contributed by atoms with van der Waals surface area (Å²) in [5.41, 5.74) is 4.94. The molecule has 4 N–H and O–H groups in total. The molecule has 0 aromatic carbocycles. The van der Waals surface area contributed by atoms with Crippen LogP contribution in [0.5, 0.6) is 0 Å². The van der Waals surface area contributed by atoms with E-state index in [4.69, 9.17) is 15.9 Å². The molecule has 0 spiro atoms. The van der Waals surface area contributed by atoms with Crippen LogP contribution in [-0.2, 0) is 0 Å². The lowest BCUT2D eigenvalue weighted by atomic mass is 10.1. The smallest absolute Gasteiger partial charge is 0.128 e. The third kappa shape index (κ3) is 2.26. The van der Waals surface area contributed by atoms with Crippen LogP contribution in [0.15, 0.2) is 0 Å². The van der Waals surface area contributed by atoms with Crippen molar-refractivity contribution >= 4 is 0 Å². The Kier molecular flexibility index (Phi) is 2.97. The zero-order valence-electron chi connectivity index (χ0n) is 5.20. The first-order valence-corrected chi connectivity index (χ1v) is 2.67. The van der Waals surface area contributed by atoms with E-state index in [1.165, 1.54) is 0 Å². The van der Waals surface area contributed by atoms with Crippen LogP contribution < -0.4 is 5.73 Å². The molecule has 0 bridgehead atoms. The van der Waals surface area contributed by atoms with Gasteiger partial charge in [0.2, 0.25) is 0 Å². The van der Waals surface area contributed by atoms with Gasteiger partial charge in [-0.15, -0.1) is 0 Å². The number of aliphatic hydroxyl groups is 2. The first kappa shape index (κ1) is 7.88. The standard InChI is InChI=1S/C5H13NO2/c1-3(2)4(7)5(6)8/h3-5,7-8H,6H2,1-2H3. The molecule has 2 unspecified atom stereocenters. The molecule has 0 aromatic rings. The minimum atomic E-state index is -1.10. The van der Waals surface area contributed by atoms with Gasteiger partial charge in [-0.3, -0.25) is 0 Å². The molecule has 50 valence electrons. The second-order valence-corrected chi connectivity index (χ2v) is 2.23. The third-order valence-corrected chi connectivity index (χ3v) is 1.03. The zero-order valence-corrected chi connectivity index (χ0v) is 5.20. The molecule has 8 heavy (non-hydrogen) atoms. The van der Waals surface area contributed by atoms with Crippen molar-refractivity contribution in [2.45, 2.75) is 26.2 Å². The van der Waals surface area contributed by atoms with Crippen molar-refractivity contribution in [1.29, 1.82) is 0 Å². The van der Waals surface area contributed by atoms with Crippen molar-refractivity contribution in [3.63, 3.8) is 0 Å². The monoisotopic (exact) mass is 119 g/mol. The van der Waals surface area contributed by atoms with Gasteiger partial charge in [0.25, 0.3) is 0 Å². The molecule has 0 aromatic heterocycles. The van der Waals surface area contributed by atoms with E-state index in [1.807, 2.05) is 0 Å². The van der Waals surface area contributed by atoms with Gasteiger partial charge in [-0.25, -0.2) is 0 Å². The summed E-state index contributed by atoms with van der Waals surface area (Å²) >= 11 is 0. The highest BCUT2D eigenvalue weighted by Crippen LogP contribution is 2.01. The molecule has 0 rings (SSSR count). The Morgan fingerprint density at radius 3 is 1.62 bits per heavy atom. The quantitative estimate of drug-likeness (QED) is 0.420. The van der Waals surface area contributed by atoms with Gasteiger partial charge in [-0.2, -0.15) is 0 Å². The third-order valence-electron chi connectivity index (χ3n) is 1.03. The van der Waals surface area contributed by atoms with Gasteiger partial charge in [0, 0.05) is 0 Å². The summed E-state index contributed by atoms with van der Waals surface area (Å²) < 4.78 is 0. The number of rotatable bonds is 2. The van der Waals surface area contributed by atoms with Crippen molar-refractivity contribution in [2.24, 2.45) is 11.7 Å². The van der Waals surface area contributed by atoms with Gasteiger partial charge in [-0.1, -0.05) is 13.8 Å². The minimum absolute atomic E-state index is 0.0231. The summed E-state index contributed by atoms with van der Waals surface area (Å²) in [6.45, 7) is 3.58. The highest BCUT2D eigenvalue weighted by molar-refractivity contribution is 4.63. The van der Waals surface area contributed by atoms with E-state index in [0.29, 0.717) is 0 Å². The van der Waals surface area contributed by atoms with Crippen molar-refractivity contribution in [3.05, 3.63) is 0 Å². The molecule has 0 aliphatic carbocycles. The molecule has 0 saturated heterocycles. The van der Waals surface area contributed by atoms with Gasteiger partial charge < -0.3 is 15.9 Å². The molecule has 0 aliphatic rings. The Morgan fingerprint density at radius 1 is 1.25 bits per heavy atom. The number of hydrogen-bond donors (Lipinski definition) is 3. The Morgan fingerprint density at radius 2 is 1.62 bits per heavy atom. The van der Waals surface area contributed by atoms with Gasteiger partial charge in [0.1, 0.15) is 6.23 Å². The molecule has 3 heteroatoms. The summed E-state index contributed by atoms with van der Waals surface area (Å²) in [5.74, 6) is 0.0231. The van der Waals surface area contributed by atoms with Crippen LogP contribution >= 0.6 is 0 Å². The minimum Gasteiger partial charge on any atom is -0.389 e. The van der Waals surface area contributed by atoms with Crippen LogP contribution in [0, 0.1) is 5.92 Å². The molecule has 0 heterocycles. The molecule has 0 aliphatic heterocycles. The molecule has 0 amide bonds. The number of hydrogen-bond acceptors (Lipinski definition) is 3. The van der Waals surface area contributed by atoms with Crippen molar-refractivity contribution in [2.75, 3.05) is 0 Å². The summed E-state index contributed by atoms with van der Waals surface area (Å²) in [6.07, 6.45) is -1.90. The van der Waals surface area contributed by atoms with E-state index in [2.05, 4.69) is 0 Å². The van der Waals surface area contributed by atoms with E-state index in [-0.39, 0.29) is 5.92 Å². The maximum Gasteiger partial charge on any atom is 0.128 e. The highest BCUT2D eigenvalue weighted by Gasteiger charge is 2.14. The second-order valence-electron chi connectivity index (χ2n) is 2.23. The Labute approximate surface area is 49.1 Å².